The van der Waals surface area contributed by atoms with Crippen molar-refractivity contribution < 1.29 is 30.5 Å². The Labute approximate surface area is 109 Å². The summed E-state index contributed by atoms with van der Waals surface area (Å²) in [6.45, 7) is 1.53. The molecule has 4 nitrogen and oxygen atoms in total. The normalized spacial score (nSPS) is 14.4. The molecular formula is C11H13F3O4S. The van der Waals surface area contributed by atoms with Gasteiger partial charge < -0.3 is 4.74 Å². The number of halogens is 3. The van der Waals surface area contributed by atoms with Gasteiger partial charge in [0.2, 0.25) is 0 Å². The third-order valence-corrected chi connectivity index (χ3v) is 3.59. The van der Waals surface area contributed by atoms with E-state index in [1.54, 1.807) is 0 Å². The van der Waals surface area contributed by atoms with Gasteiger partial charge in [-0.2, -0.15) is 21.6 Å². The molecule has 0 saturated carbocycles. The molecule has 0 amide bonds. The molecule has 1 aromatic rings. The lowest BCUT2D eigenvalue weighted by Gasteiger charge is -2.12. The summed E-state index contributed by atoms with van der Waals surface area (Å²) in [6.07, 6.45) is -5.23. The predicted molar refractivity (Wildman–Crippen MR) is 61.1 cm³/mol. The quantitative estimate of drug-likeness (QED) is 0.784. The summed E-state index contributed by atoms with van der Waals surface area (Å²) in [5.41, 5.74) is -0.920. The van der Waals surface area contributed by atoms with Crippen molar-refractivity contribution in [2.45, 2.75) is 24.1 Å². The lowest BCUT2D eigenvalue weighted by molar-refractivity contribution is -0.137. The number of benzene rings is 1. The topological polar surface area (TPSA) is 52.6 Å². The smallest absolute Gasteiger partial charge is 0.382 e. The van der Waals surface area contributed by atoms with Gasteiger partial charge in [-0.1, -0.05) is 0 Å². The third-order valence-electron chi connectivity index (χ3n) is 2.16. The van der Waals surface area contributed by atoms with Crippen LogP contribution in [-0.2, 0) is 25.2 Å². The highest BCUT2D eigenvalue weighted by molar-refractivity contribution is 7.86. The summed E-state index contributed by atoms with van der Waals surface area (Å²) in [7, 11) is -2.71. The molecule has 0 aliphatic heterocycles. The zero-order valence-corrected chi connectivity index (χ0v) is 11.1. The highest BCUT2D eigenvalue weighted by Gasteiger charge is 2.30. The first-order chi connectivity index (χ1) is 8.66. The van der Waals surface area contributed by atoms with Crippen LogP contribution in [0.2, 0.25) is 0 Å². The van der Waals surface area contributed by atoms with Crippen LogP contribution in [0, 0.1) is 0 Å². The van der Waals surface area contributed by atoms with Gasteiger partial charge in [-0.25, -0.2) is 0 Å². The van der Waals surface area contributed by atoms with Crippen LogP contribution in [-0.4, -0.2) is 28.2 Å². The minimum Gasteiger partial charge on any atom is -0.382 e. The summed E-state index contributed by atoms with van der Waals surface area (Å²) >= 11 is 0. The number of hydrogen-bond acceptors (Lipinski definition) is 4. The van der Waals surface area contributed by atoms with Gasteiger partial charge in [0.05, 0.1) is 23.2 Å². The molecule has 0 saturated heterocycles. The first-order valence-electron chi connectivity index (χ1n) is 5.26. The molecule has 0 fully saturated rings. The second kappa shape index (κ2) is 5.89. The molecule has 1 aromatic carbocycles. The highest BCUT2D eigenvalue weighted by atomic mass is 32.2. The average molecular weight is 298 g/mol. The van der Waals surface area contributed by atoms with Crippen molar-refractivity contribution in [1.82, 2.24) is 0 Å². The Hall–Kier alpha value is -1.12. The molecule has 0 N–H and O–H groups in total. The summed E-state index contributed by atoms with van der Waals surface area (Å²) in [5, 5.41) is 0. The van der Waals surface area contributed by atoms with E-state index in [-0.39, 0.29) is 11.5 Å². The fourth-order valence-corrected chi connectivity index (χ4v) is 2.41. The fraction of sp³-hybridized carbons (Fsp3) is 0.455. The molecule has 0 spiro atoms. The van der Waals surface area contributed by atoms with Crippen LogP contribution in [0.1, 0.15) is 12.5 Å². The van der Waals surface area contributed by atoms with E-state index in [2.05, 4.69) is 0 Å². The van der Waals surface area contributed by atoms with Crippen molar-refractivity contribution in [2.24, 2.45) is 0 Å². The maximum atomic E-state index is 12.3. The van der Waals surface area contributed by atoms with Crippen LogP contribution < -0.4 is 0 Å². The molecule has 0 aliphatic carbocycles. The average Bonchev–Trinajstić information content (AvgIpc) is 2.27. The molecule has 19 heavy (non-hydrogen) atoms. The van der Waals surface area contributed by atoms with E-state index in [4.69, 9.17) is 8.92 Å². The second-order valence-corrected chi connectivity index (χ2v) is 5.41. The lowest BCUT2D eigenvalue weighted by Crippen LogP contribution is -2.20. The molecule has 1 rings (SSSR count). The van der Waals surface area contributed by atoms with Gasteiger partial charge in [0, 0.05) is 7.11 Å². The van der Waals surface area contributed by atoms with E-state index in [9.17, 15) is 21.6 Å². The fourth-order valence-electron chi connectivity index (χ4n) is 1.34. The van der Waals surface area contributed by atoms with Gasteiger partial charge in [-0.3, -0.25) is 4.18 Å². The Balaban J connectivity index is 2.91. The number of methoxy groups -OCH3 is 1. The van der Waals surface area contributed by atoms with Crippen LogP contribution in [0.4, 0.5) is 13.2 Å². The Morgan fingerprint density at radius 1 is 1.21 bits per heavy atom. The minimum atomic E-state index is -4.51. The third kappa shape index (κ3) is 4.48. The SMILES string of the molecule is COCC(C)OS(=O)(=O)c1ccc(C(F)(F)F)cc1. The van der Waals surface area contributed by atoms with Crippen molar-refractivity contribution in [2.75, 3.05) is 13.7 Å². The molecule has 0 bridgehead atoms. The Bertz CT molecular complexity index is 508. The van der Waals surface area contributed by atoms with Crippen molar-refractivity contribution in [3.8, 4) is 0 Å². The van der Waals surface area contributed by atoms with Gasteiger partial charge in [-0.15, -0.1) is 0 Å². The minimum absolute atomic E-state index is 0.0554. The maximum absolute atomic E-state index is 12.3. The zero-order chi connectivity index (χ0) is 14.7. The van der Waals surface area contributed by atoms with E-state index in [1.807, 2.05) is 0 Å². The number of ether oxygens (including phenoxy) is 1. The Morgan fingerprint density at radius 3 is 2.16 bits per heavy atom. The summed E-state index contributed by atoms with van der Waals surface area (Å²) in [6, 6.07) is 3.10. The maximum Gasteiger partial charge on any atom is 0.416 e. The van der Waals surface area contributed by atoms with Gasteiger partial charge in [0.25, 0.3) is 10.1 Å². The van der Waals surface area contributed by atoms with E-state index in [0.717, 1.165) is 12.1 Å². The summed E-state index contributed by atoms with van der Waals surface area (Å²) in [4.78, 5) is -0.330. The summed E-state index contributed by atoms with van der Waals surface area (Å²) < 4.78 is 69.9. The monoisotopic (exact) mass is 298 g/mol. The largest absolute Gasteiger partial charge is 0.416 e. The van der Waals surface area contributed by atoms with Gasteiger partial charge in [-0.05, 0) is 31.2 Å². The summed E-state index contributed by atoms with van der Waals surface area (Å²) in [5.74, 6) is 0. The highest BCUT2D eigenvalue weighted by Crippen LogP contribution is 2.30. The molecule has 1 atom stereocenters. The second-order valence-electron chi connectivity index (χ2n) is 3.84. The van der Waals surface area contributed by atoms with Crippen LogP contribution in [0.15, 0.2) is 29.2 Å². The van der Waals surface area contributed by atoms with E-state index in [0.29, 0.717) is 12.1 Å². The van der Waals surface area contributed by atoms with E-state index < -0.39 is 28.0 Å². The predicted octanol–water partition coefficient (Wildman–Crippen LogP) is 2.45. The van der Waals surface area contributed by atoms with Crippen molar-refractivity contribution in [3.63, 3.8) is 0 Å². The molecular weight excluding hydrogens is 285 g/mol. The van der Waals surface area contributed by atoms with Crippen LogP contribution in [0.3, 0.4) is 0 Å². The molecule has 8 heteroatoms. The molecule has 0 aliphatic rings. The van der Waals surface area contributed by atoms with E-state index >= 15 is 0 Å². The zero-order valence-electron chi connectivity index (χ0n) is 10.3. The van der Waals surface area contributed by atoms with Gasteiger partial charge in [0.15, 0.2) is 0 Å². The number of rotatable bonds is 5. The molecule has 0 heterocycles. The van der Waals surface area contributed by atoms with Crippen LogP contribution >= 0.6 is 0 Å². The number of alkyl halides is 3. The first-order valence-corrected chi connectivity index (χ1v) is 6.67. The standard InChI is InChI=1S/C11H13F3O4S/c1-8(7-17-2)18-19(15,16)10-5-3-9(4-6-10)11(12,13)14/h3-6,8H,7H2,1-2H3. The van der Waals surface area contributed by atoms with Crippen molar-refractivity contribution >= 4 is 10.1 Å². The Morgan fingerprint density at radius 2 is 1.74 bits per heavy atom. The molecule has 1 unspecified atom stereocenters. The van der Waals surface area contributed by atoms with Gasteiger partial charge >= 0.3 is 6.18 Å². The van der Waals surface area contributed by atoms with Crippen LogP contribution in [0.5, 0.6) is 0 Å². The Kier molecular flexibility index (Phi) is 4.94. The molecule has 0 radical (unpaired) electrons. The van der Waals surface area contributed by atoms with Crippen molar-refractivity contribution in [3.05, 3.63) is 29.8 Å². The number of hydrogen-bond donors (Lipinski definition) is 0. The van der Waals surface area contributed by atoms with Gasteiger partial charge in [0.1, 0.15) is 0 Å². The molecule has 0 aromatic heterocycles. The molecule has 108 valence electrons. The van der Waals surface area contributed by atoms with Crippen LogP contribution in [0.25, 0.3) is 0 Å². The van der Waals surface area contributed by atoms with Crippen molar-refractivity contribution in [1.29, 1.82) is 0 Å². The first kappa shape index (κ1) is 15.9. The van der Waals surface area contributed by atoms with E-state index in [1.165, 1.54) is 14.0 Å². The lowest BCUT2D eigenvalue weighted by atomic mass is 10.2.